The molecule has 3 aliphatic rings. The Balaban J connectivity index is 2.03. The number of nitrogens with zero attached hydrogens (tertiary/aromatic N) is 2. The van der Waals surface area contributed by atoms with Crippen LogP contribution in [0.25, 0.3) is 0 Å². The Bertz CT molecular complexity index is 300. The van der Waals surface area contributed by atoms with E-state index in [-0.39, 0.29) is 0 Å². The summed E-state index contributed by atoms with van der Waals surface area (Å²) in [6.45, 7) is 1.70. The van der Waals surface area contributed by atoms with Gasteiger partial charge in [0.2, 0.25) is 0 Å². The van der Waals surface area contributed by atoms with Crippen LogP contribution in [0.1, 0.15) is 25.7 Å². The number of rotatable bonds is 1. The van der Waals surface area contributed by atoms with Gasteiger partial charge in [-0.2, -0.15) is 0 Å². The average molecular weight is 204 g/mol. The average Bonchev–Trinajstić information content (AvgIpc) is 2.63. The van der Waals surface area contributed by atoms with Crippen LogP contribution in [-0.4, -0.2) is 18.1 Å². The first kappa shape index (κ1) is 9.13. The van der Waals surface area contributed by atoms with E-state index in [0.717, 1.165) is 38.8 Å². The van der Waals surface area contributed by atoms with Crippen molar-refractivity contribution in [2.45, 2.75) is 25.7 Å². The largest absolute Gasteiger partial charge is 0.260 e. The molecule has 1 aliphatic heterocycles. The number of allylic oxidation sites excluding steroid dienone is 4. The molecule has 3 heteroatoms. The molecular formula is C12H16N2O. The first-order valence-electron chi connectivity index (χ1n) is 5.69. The highest BCUT2D eigenvalue weighted by Crippen LogP contribution is 2.59. The lowest BCUT2D eigenvalue weighted by Gasteiger charge is -2.47. The molecule has 0 N–H and O–H groups in total. The van der Waals surface area contributed by atoms with Crippen LogP contribution in [0.15, 0.2) is 29.6 Å². The van der Waals surface area contributed by atoms with E-state index < -0.39 is 0 Å². The van der Waals surface area contributed by atoms with Gasteiger partial charge >= 0.3 is 0 Å². The van der Waals surface area contributed by atoms with Gasteiger partial charge in [-0.1, -0.05) is 24.3 Å². The summed E-state index contributed by atoms with van der Waals surface area (Å²) < 4.78 is 0. The Kier molecular flexibility index (Phi) is 1.79. The molecule has 0 aromatic carbocycles. The van der Waals surface area contributed by atoms with E-state index in [0.29, 0.717) is 10.8 Å². The van der Waals surface area contributed by atoms with Gasteiger partial charge in [-0.25, -0.2) is 0 Å². The van der Waals surface area contributed by atoms with Crippen molar-refractivity contribution in [2.75, 3.05) is 13.1 Å². The second-order valence-corrected chi connectivity index (χ2v) is 5.22. The lowest BCUT2D eigenvalue weighted by Crippen LogP contribution is -2.43. The van der Waals surface area contributed by atoms with E-state index in [1.165, 1.54) is 0 Å². The lowest BCUT2D eigenvalue weighted by molar-refractivity contribution is 0.0851. The molecule has 0 aromatic rings. The SMILES string of the molecule is O=NN1CC23CC=CCC2(CC=CC3)C1. The number of nitroso groups, excluding NO2 is 1. The number of hydrogen-bond donors (Lipinski definition) is 0. The van der Waals surface area contributed by atoms with Crippen molar-refractivity contribution in [1.29, 1.82) is 0 Å². The normalized spacial score (nSPS) is 42.5. The maximum Gasteiger partial charge on any atom is 0.0524 e. The third kappa shape index (κ3) is 1.06. The summed E-state index contributed by atoms with van der Waals surface area (Å²) in [4.78, 5) is 10.7. The fourth-order valence-corrected chi connectivity index (χ4v) is 3.67. The Morgan fingerprint density at radius 1 is 0.867 bits per heavy atom. The van der Waals surface area contributed by atoms with E-state index in [1.807, 2.05) is 0 Å². The summed E-state index contributed by atoms with van der Waals surface area (Å²) in [6.07, 6.45) is 13.6. The molecule has 2 aliphatic carbocycles. The molecule has 1 fully saturated rings. The van der Waals surface area contributed by atoms with Crippen molar-refractivity contribution in [1.82, 2.24) is 5.01 Å². The minimum absolute atomic E-state index is 0.296. The van der Waals surface area contributed by atoms with Gasteiger partial charge in [0.05, 0.1) is 5.29 Å². The Hall–Kier alpha value is -1.12. The fraction of sp³-hybridized carbons (Fsp3) is 0.667. The van der Waals surface area contributed by atoms with E-state index in [2.05, 4.69) is 29.6 Å². The van der Waals surface area contributed by atoms with Crippen molar-refractivity contribution >= 4 is 0 Å². The van der Waals surface area contributed by atoms with Crippen LogP contribution in [0, 0.1) is 15.7 Å². The Labute approximate surface area is 89.8 Å². The summed E-state index contributed by atoms with van der Waals surface area (Å²) in [7, 11) is 0. The third-order valence-electron chi connectivity index (χ3n) is 4.58. The second-order valence-electron chi connectivity index (χ2n) is 5.22. The zero-order valence-corrected chi connectivity index (χ0v) is 8.85. The maximum absolute atomic E-state index is 10.7. The topological polar surface area (TPSA) is 32.7 Å². The first-order chi connectivity index (χ1) is 7.30. The number of hydrogen-bond acceptors (Lipinski definition) is 2. The van der Waals surface area contributed by atoms with Gasteiger partial charge in [0.1, 0.15) is 0 Å². The summed E-state index contributed by atoms with van der Waals surface area (Å²) in [6, 6.07) is 0. The molecule has 0 saturated carbocycles. The van der Waals surface area contributed by atoms with E-state index >= 15 is 0 Å². The van der Waals surface area contributed by atoms with Crippen molar-refractivity contribution in [3.63, 3.8) is 0 Å². The molecule has 0 unspecified atom stereocenters. The first-order valence-corrected chi connectivity index (χ1v) is 5.69. The van der Waals surface area contributed by atoms with Gasteiger partial charge in [0.15, 0.2) is 0 Å². The molecule has 3 rings (SSSR count). The summed E-state index contributed by atoms with van der Waals surface area (Å²) in [5.74, 6) is 0. The van der Waals surface area contributed by atoms with Gasteiger partial charge in [-0.15, -0.1) is 4.91 Å². The van der Waals surface area contributed by atoms with E-state index in [9.17, 15) is 4.91 Å². The lowest BCUT2D eigenvalue weighted by atomic mass is 9.55. The zero-order valence-electron chi connectivity index (χ0n) is 8.85. The van der Waals surface area contributed by atoms with Gasteiger partial charge in [-0.05, 0) is 25.7 Å². The fourth-order valence-electron chi connectivity index (χ4n) is 3.67. The van der Waals surface area contributed by atoms with Crippen molar-refractivity contribution in [3.8, 4) is 0 Å². The van der Waals surface area contributed by atoms with Crippen molar-refractivity contribution in [3.05, 3.63) is 29.2 Å². The summed E-state index contributed by atoms with van der Waals surface area (Å²) in [5.41, 5.74) is 0.592. The molecule has 0 bridgehead atoms. The molecule has 0 spiro atoms. The molecule has 0 aromatic heterocycles. The maximum atomic E-state index is 10.7. The Morgan fingerprint density at radius 3 is 1.60 bits per heavy atom. The molecule has 1 heterocycles. The zero-order chi connectivity index (χ0) is 10.4. The minimum Gasteiger partial charge on any atom is -0.260 e. The monoisotopic (exact) mass is 204 g/mol. The molecule has 15 heavy (non-hydrogen) atoms. The second kappa shape index (κ2) is 2.94. The highest BCUT2D eigenvalue weighted by Gasteiger charge is 2.57. The smallest absolute Gasteiger partial charge is 0.0524 e. The molecular weight excluding hydrogens is 188 g/mol. The molecule has 1 saturated heterocycles. The molecule has 0 atom stereocenters. The Morgan fingerprint density at radius 2 is 1.27 bits per heavy atom. The van der Waals surface area contributed by atoms with E-state index in [1.54, 1.807) is 5.01 Å². The van der Waals surface area contributed by atoms with Crippen LogP contribution >= 0.6 is 0 Å². The van der Waals surface area contributed by atoms with Gasteiger partial charge in [0.25, 0.3) is 0 Å². The predicted octanol–water partition coefficient (Wildman–Crippen LogP) is 2.66. The van der Waals surface area contributed by atoms with Gasteiger partial charge in [0, 0.05) is 23.9 Å². The minimum atomic E-state index is 0.296. The molecule has 0 radical (unpaired) electrons. The van der Waals surface area contributed by atoms with Gasteiger partial charge in [-0.3, -0.25) is 5.01 Å². The molecule has 80 valence electrons. The quantitative estimate of drug-likeness (QED) is 0.486. The summed E-state index contributed by atoms with van der Waals surface area (Å²) in [5, 5.41) is 4.89. The van der Waals surface area contributed by atoms with Crippen LogP contribution in [0.3, 0.4) is 0 Å². The highest BCUT2D eigenvalue weighted by molar-refractivity contribution is 5.21. The van der Waals surface area contributed by atoms with Crippen LogP contribution in [0.5, 0.6) is 0 Å². The van der Waals surface area contributed by atoms with Crippen LogP contribution in [-0.2, 0) is 0 Å². The molecule has 0 amide bonds. The van der Waals surface area contributed by atoms with Gasteiger partial charge < -0.3 is 0 Å². The standard InChI is InChI=1S/C12H16N2O/c15-13-14-9-11-5-1-2-6-12(11,10-14)8-4-3-7-11/h1-4H,5-10H2. The van der Waals surface area contributed by atoms with Crippen molar-refractivity contribution in [2.24, 2.45) is 16.1 Å². The summed E-state index contributed by atoms with van der Waals surface area (Å²) >= 11 is 0. The third-order valence-corrected chi connectivity index (χ3v) is 4.58. The highest BCUT2D eigenvalue weighted by atomic mass is 16.3. The van der Waals surface area contributed by atoms with Crippen molar-refractivity contribution < 1.29 is 0 Å². The van der Waals surface area contributed by atoms with Crippen LogP contribution < -0.4 is 0 Å². The van der Waals surface area contributed by atoms with Crippen LogP contribution in [0.2, 0.25) is 0 Å². The predicted molar refractivity (Wildman–Crippen MR) is 59.0 cm³/mol. The van der Waals surface area contributed by atoms with E-state index in [4.69, 9.17) is 0 Å². The van der Waals surface area contributed by atoms with Crippen LogP contribution in [0.4, 0.5) is 0 Å². The molecule has 3 nitrogen and oxygen atoms in total.